The number of halogens is 1. The molecule has 1 saturated carbocycles. The smallest absolute Gasteiger partial charge is 0.262 e. The summed E-state index contributed by atoms with van der Waals surface area (Å²) in [5, 5.41) is 6.28. The van der Waals surface area contributed by atoms with Crippen molar-refractivity contribution in [3.63, 3.8) is 0 Å². The summed E-state index contributed by atoms with van der Waals surface area (Å²) < 4.78 is 5.51. The van der Waals surface area contributed by atoms with Crippen LogP contribution < -0.4 is 15.4 Å². The molecule has 0 spiro atoms. The largest absolute Gasteiger partial charge is 0.483 e. The number of rotatable bonds is 6. The molecule has 3 rings (SSSR count). The minimum absolute atomic E-state index is 0.119. The Morgan fingerprint density at radius 1 is 1.20 bits per heavy atom. The van der Waals surface area contributed by atoms with E-state index in [4.69, 9.17) is 16.3 Å². The summed E-state index contributed by atoms with van der Waals surface area (Å²) in [5.41, 5.74) is 1.95. The highest BCUT2D eigenvalue weighted by molar-refractivity contribution is 6.30. The third-order valence-electron chi connectivity index (χ3n) is 3.82. The van der Waals surface area contributed by atoms with Gasteiger partial charge in [0.2, 0.25) is 0 Å². The molecule has 0 atom stereocenters. The number of hydrogen-bond donors (Lipinski definition) is 2. The molecule has 2 aromatic carbocycles. The van der Waals surface area contributed by atoms with Crippen molar-refractivity contribution < 1.29 is 14.3 Å². The monoisotopic (exact) mass is 358 g/mol. The predicted molar refractivity (Wildman–Crippen MR) is 97.2 cm³/mol. The molecule has 1 aliphatic carbocycles. The van der Waals surface area contributed by atoms with Crippen LogP contribution in [0.2, 0.25) is 5.02 Å². The number of hydrogen-bond acceptors (Lipinski definition) is 3. The van der Waals surface area contributed by atoms with Crippen molar-refractivity contribution >= 4 is 29.1 Å². The Morgan fingerprint density at radius 2 is 2.00 bits per heavy atom. The van der Waals surface area contributed by atoms with Crippen molar-refractivity contribution in [2.24, 2.45) is 0 Å². The van der Waals surface area contributed by atoms with Crippen LogP contribution in [0, 0.1) is 6.92 Å². The Bertz CT molecular complexity index is 803. The number of carbonyl (C=O) groups is 2. The zero-order chi connectivity index (χ0) is 17.8. The van der Waals surface area contributed by atoms with Gasteiger partial charge in [0, 0.05) is 22.3 Å². The standard InChI is InChI=1S/C19H19ClN2O3/c1-12-9-14(20)5-8-17(12)25-11-18(23)21-16-4-2-3-13(10-16)19(24)22-15-6-7-15/h2-5,8-10,15H,6-7,11H2,1H3,(H,21,23)(H,22,24). The first-order valence-corrected chi connectivity index (χ1v) is 8.49. The van der Waals surface area contributed by atoms with E-state index in [1.165, 1.54) is 0 Å². The fourth-order valence-electron chi connectivity index (χ4n) is 2.35. The van der Waals surface area contributed by atoms with Crippen LogP contribution in [0.15, 0.2) is 42.5 Å². The molecule has 2 amide bonds. The second-order valence-corrected chi connectivity index (χ2v) is 6.51. The second kappa shape index (κ2) is 7.57. The van der Waals surface area contributed by atoms with Crippen LogP contribution in [0.3, 0.4) is 0 Å². The molecular weight excluding hydrogens is 340 g/mol. The quantitative estimate of drug-likeness (QED) is 0.829. The first kappa shape index (κ1) is 17.3. The molecule has 0 radical (unpaired) electrons. The van der Waals surface area contributed by atoms with Gasteiger partial charge in [-0.15, -0.1) is 0 Å². The number of carbonyl (C=O) groups excluding carboxylic acids is 2. The van der Waals surface area contributed by atoms with Gasteiger partial charge in [0.05, 0.1) is 0 Å². The van der Waals surface area contributed by atoms with Crippen LogP contribution in [0.4, 0.5) is 5.69 Å². The number of nitrogens with one attached hydrogen (secondary N) is 2. The lowest BCUT2D eigenvalue weighted by atomic mass is 10.2. The van der Waals surface area contributed by atoms with Gasteiger partial charge in [-0.25, -0.2) is 0 Å². The highest BCUT2D eigenvalue weighted by atomic mass is 35.5. The molecule has 1 fully saturated rings. The Kier molecular flexibility index (Phi) is 5.24. The van der Waals surface area contributed by atoms with Gasteiger partial charge in [0.25, 0.3) is 11.8 Å². The molecular formula is C19H19ClN2O3. The van der Waals surface area contributed by atoms with E-state index in [2.05, 4.69) is 10.6 Å². The van der Waals surface area contributed by atoms with Crippen LogP contribution in [0.25, 0.3) is 0 Å². The Labute approximate surface area is 151 Å². The van der Waals surface area contributed by atoms with E-state index >= 15 is 0 Å². The van der Waals surface area contributed by atoms with E-state index in [1.807, 2.05) is 6.92 Å². The summed E-state index contributed by atoms with van der Waals surface area (Å²) in [7, 11) is 0. The minimum Gasteiger partial charge on any atom is -0.483 e. The van der Waals surface area contributed by atoms with Gasteiger partial charge < -0.3 is 15.4 Å². The summed E-state index contributed by atoms with van der Waals surface area (Å²) in [6, 6.07) is 12.4. The van der Waals surface area contributed by atoms with E-state index in [-0.39, 0.29) is 18.4 Å². The molecule has 25 heavy (non-hydrogen) atoms. The highest BCUT2D eigenvalue weighted by Gasteiger charge is 2.23. The second-order valence-electron chi connectivity index (χ2n) is 6.08. The van der Waals surface area contributed by atoms with Crippen LogP contribution in [0.5, 0.6) is 5.75 Å². The van der Waals surface area contributed by atoms with Crippen molar-refractivity contribution in [1.29, 1.82) is 0 Å². The molecule has 0 heterocycles. The van der Waals surface area contributed by atoms with Gasteiger partial charge >= 0.3 is 0 Å². The lowest BCUT2D eigenvalue weighted by Gasteiger charge is -2.10. The van der Waals surface area contributed by atoms with Gasteiger partial charge in [-0.3, -0.25) is 9.59 Å². The lowest BCUT2D eigenvalue weighted by Crippen LogP contribution is -2.25. The van der Waals surface area contributed by atoms with Crippen molar-refractivity contribution in [2.45, 2.75) is 25.8 Å². The maximum atomic E-state index is 12.1. The van der Waals surface area contributed by atoms with Crippen molar-refractivity contribution in [1.82, 2.24) is 5.32 Å². The van der Waals surface area contributed by atoms with Gasteiger partial charge in [0.15, 0.2) is 6.61 Å². The molecule has 2 aromatic rings. The molecule has 0 saturated heterocycles. The number of amides is 2. The van der Waals surface area contributed by atoms with E-state index in [0.717, 1.165) is 18.4 Å². The predicted octanol–water partition coefficient (Wildman–Crippen LogP) is 3.56. The highest BCUT2D eigenvalue weighted by Crippen LogP contribution is 2.22. The molecule has 2 N–H and O–H groups in total. The lowest BCUT2D eigenvalue weighted by molar-refractivity contribution is -0.118. The molecule has 0 bridgehead atoms. The molecule has 130 valence electrons. The molecule has 6 heteroatoms. The SMILES string of the molecule is Cc1cc(Cl)ccc1OCC(=O)Nc1cccc(C(=O)NC2CC2)c1. The van der Waals surface area contributed by atoms with Crippen molar-refractivity contribution in [3.8, 4) is 5.75 Å². The molecule has 0 unspecified atom stereocenters. The minimum atomic E-state index is -0.297. The van der Waals surface area contributed by atoms with Crippen molar-refractivity contribution in [3.05, 3.63) is 58.6 Å². The summed E-state index contributed by atoms with van der Waals surface area (Å²) in [6.45, 7) is 1.74. The number of aryl methyl sites for hydroxylation is 1. The van der Waals surface area contributed by atoms with E-state index in [9.17, 15) is 9.59 Å². The van der Waals surface area contributed by atoms with E-state index < -0.39 is 0 Å². The van der Waals surface area contributed by atoms with Crippen LogP contribution >= 0.6 is 11.6 Å². The van der Waals surface area contributed by atoms with E-state index in [0.29, 0.717) is 28.1 Å². The number of anilines is 1. The fraction of sp³-hybridized carbons (Fsp3) is 0.263. The summed E-state index contributed by atoms with van der Waals surface area (Å²) in [6.07, 6.45) is 2.06. The van der Waals surface area contributed by atoms with Crippen LogP contribution in [-0.4, -0.2) is 24.5 Å². The normalized spacial score (nSPS) is 13.2. The van der Waals surface area contributed by atoms with Gasteiger partial charge in [0.1, 0.15) is 5.75 Å². The number of benzene rings is 2. The van der Waals surface area contributed by atoms with E-state index in [1.54, 1.807) is 42.5 Å². The van der Waals surface area contributed by atoms with Crippen molar-refractivity contribution in [2.75, 3.05) is 11.9 Å². The maximum absolute atomic E-state index is 12.1. The molecule has 0 aromatic heterocycles. The summed E-state index contributed by atoms with van der Waals surface area (Å²) in [5.74, 6) is 0.192. The van der Waals surface area contributed by atoms with Crippen LogP contribution in [0.1, 0.15) is 28.8 Å². The zero-order valence-electron chi connectivity index (χ0n) is 13.8. The third-order valence-corrected chi connectivity index (χ3v) is 4.05. The van der Waals surface area contributed by atoms with Gasteiger partial charge in [-0.1, -0.05) is 17.7 Å². The van der Waals surface area contributed by atoms with Gasteiger partial charge in [-0.2, -0.15) is 0 Å². The fourth-order valence-corrected chi connectivity index (χ4v) is 2.58. The average Bonchev–Trinajstić information content (AvgIpc) is 3.38. The van der Waals surface area contributed by atoms with Crippen LogP contribution in [-0.2, 0) is 4.79 Å². The Balaban J connectivity index is 1.56. The topological polar surface area (TPSA) is 67.4 Å². The first-order chi connectivity index (χ1) is 12.0. The first-order valence-electron chi connectivity index (χ1n) is 8.11. The molecule has 5 nitrogen and oxygen atoms in total. The molecule has 0 aliphatic heterocycles. The summed E-state index contributed by atoms with van der Waals surface area (Å²) in [4.78, 5) is 24.1. The third kappa shape index (κ3) is 4.97. The molecule has 1 aliphatic rings. The average molecular weight is 359 g/mol. The maximum Gasteiger partial charge on any atom is 0.262 e. The Morgan fingerprint density at radius 3 is 2.72 bits per heavy atom. The Hall–Kier alpha value is -2.53. The van der Waals surface area contributed by atoms with Gasteiger partial charge in [-0.05, 0) is 61.7 Å². The summed E-state index contributed by atoms with van der Waals surface area (Å²) >= 11 is 5.90. The number of ether oxygens (including phenoxy) is 1. The zero-order valence-corrected chi connectivity index (χ0v) is 14.6.